The van der Waals surface area contributed by atoms with Crippen molar-refractivity contribution in [3.05, 3.63) is 53.1 Å². The van der Waals surface area contributed by atoms with Gasteiger partial charge in [-0.2, -0.15) is 0 Å². The van der Waals surface area contributed by atoms with E-state index in [2.05, 4.69) is 22.5 Å². The summed E-state index contributed by atoms with van der Waals surface area (Å²) in [6, 6.07) is 12.7. The van der Waals surface area contributed by atoms with Crippen LogP contribution in [-0.4, -0.2) is 42.9 Å². The first kappa shape index (κ1) is 24.9. The third-order valence-electron chi connectivity index (χ3n) is 6.04. The van der Waals surface area contributed by atoms with E-state index in [1.54, 1.807) is 24.3 Å². The van der Waals surface area contributed by atoms with Crippen LogP contribution in [0.15, 0.2) is 42.5 Å². The number of carbonyl (C=O) groups is 2. The second-order valence-corrected chi connectivity index (χ2v) is 8.63. The largest absolute Gasteiger partial charge is 0.481 e. The number of benzene rings is 2. The lowest BCUT2D eigenvalue weighted by Crippen LogP contribution is -2.40. The first-order valence-corrected chi connectivity index (χ1v) is 11.8. The van der Waals surface area contributed by atoms with E-state index in [0.29, 0.717) is 28.9 Å². The van der Waals surface area contributed by atoms with Gasteiger partial charge in [-0.3, -0.25) is 4.79 Å². The van der Waals surface area contributed by atoms with Gasteiger partial charge in [-0.1, -0.05) is 24.6 Å². The van der Waals surface area contributed by atoms with Crippen molar-refractivity contribution in [3.63, 3.8) is 0 Å². The van der Waals surface area contributed by atoms with E-state index < -0.39 is 5.97 Å². The van der Waals surface area contributed by atoms with Gasteiger partial charge in [-0.05, 0) is 74.1 Å². The molecular weight excluding hydrogens is 442 g/mol. The standard InChI is InChI=1S/C25H32ClN3O4/c1-3-17(16-24(30)31)18-5-10-23(29(4-2)21-11-13-33-14-12-21)22(15-18)28-25(32)27-20-8-6-19(26)7-9-20/h5-10,15,17,21H,3-4,11-14,16H2,1-2H3,(H,30,31)(H2,27,28,32)/t17-/m1/s1. The number of carbonyl (C=O) groups excluding carboxylic acids is 1. The van der Waals surface area contributed by atoms with E-state index in [4.69, 9.17) is 16.3 Å². The highest BCUT2D eigenvalue weighted by molar-refractivity contribution is 6.30. The van der Waals surface area contributed by atoms with Gasteiger partial charge in [-0.25, -0.2) is 4.79 Å². The number of urea groups is 1. The van der Waals surface area contributed by atoms with Crippen LogP contribution in [0, 0.1) is 0 Å². The summed E-state index contributed by atoms with van der Waals surface area (Å²) < 4.78 is 5.53. The molecule has 2 aromatic rings. The lowest BCUT2D eigenvalue weighted by atomic mass is 9.92. The molecule has 1 saturated heterocycles. The number of nitrogens with zero attached hydrogens (tertiary/aromatic N) is 1. The Kier molecular flexibility index (Phi) is 8.97. The van der Waals surface area contributed by atoms with Gasteiger partial charge < -0.3 is 25.4 Å². The minimum absolute atomic E-state index is 0.0454. The number of ether oxygens (including phenoxy) is 1. The van der Waals surface area contributed by atoms with Gasteiger partial charge in [0.25, 0.3) is 0 Å². The second kappa shape index (κ2) is 11.9. The average Bonchev–Trinajstić information content (AvgIpc) is 2.81. The zero-order valence-electron chi connectivity index (χ0n) is 19.1. The summed E-state index contributed by atoms with van der Waals surface area (Å²) in [6.07, 6.45) is 2.58. The number of hydrogen-bond donors (Lipinski definition) is 3. The molecule has 1 heterocycles. The zero-order valence-corrected chi connectivity index (χ0v) is 19.9. The fourth-order valence-corrected chi connectivity index (χ4v) is 4.43. The fourth-order valence-electron chi connectivity index (χ4n) is 4.31. The second-order valence-electron chi connectivity index (χ2n) is 8.20. The van der Waals surface area contributed by atoms with Crippen LogP contribution >= 0.6 is 11.6 Å². The van der Waals surface area contributed by atoms with Crippen LogP contribution in [0.25, 0.3) is 0 Å². The molecule has 178 valence electrons. The molecule has 1 aliphatic heterocycles. The van der Waals surface area contributed by atoms with Crippen LogP contribution in [-0.2, 0) is 9.53 Å². The molecule has 0 saturated carbocycles. The topological polar surface area (TPSA) is 90.9 Å². The highest BCUT2D eigenvalue weighted by Gasteiger charge is 2.24. The number of rotatable bonds is 9. The lowest BCUT2D eigenvalue weighted by Gasteiger charge is -2.36. The van der Waals surface area contributed by atoms with Crippen LogP contribution in [0.5, 0.6) is 0 Å². The molecule has 1 aliphatic rings. The summed E-state index contributed by atoms with van der Waals surface area (Å²) in [6.45, 7) is 6.29. The smallest absolute Gasteiger partial charge is 0.323 e. The number of halogens is 1. The van der Waals surface area contributed by atoms with E-state index in [9.17, 15) is 14.7 Å². The van der Waals surface area contributed by atoms with Crippen molar-refractivity contribution in [2.24, 2.45) is 0 Å². The van der Waals surface area contributed by atoms with E-state index >= 15 is 0 Å². The summed E-state index contributed by atoms with van der Waals surface area (Å²) in [5, 5.41) is 15.7. The molecule has 7 nitrogen and oxygen atoms in total. The van der Waals surface area contributed by atoms with E-state index in [1.165, 1.54) is 0 Å². The molecule has 33 heavy (non-hydrogen) atoms. The highest BCUT2D eigenvalue weighted by atomic mass is 35.5. The van der Waals surface area contributed by atoms with Gasteiger partial charge in [0.05, 0.1) is 17.8 Å². The van der Waals surface area contributed by atoms with Gasteiger partial charge >= 0.3 is 12.0 Å². The maximum atomic E-state index is 12.8. The Labute approximate surface area is 200 Å². The molecule has 0 aliphatic carbocycles. The molecule has 0 spiro atoms. The first-order chi connectivity index (χ1) is 15.9. The minimum Gasteiger partial charge on any atom is -0.481 e. The van der Waals surface area contributed by atoms with Gasteiger partial charge in [0.2, 0.25) is 0 Å². The van der Waals surface area contributed by atoms with Crippen LogP contribution in [0.1, 0.15) is 51.0 Å². The molecule has 2 aromatic carbocycles. The van der Waals surface area contributed by atoms with Gasteiger partial charge in [-0.15, -0.1) is 0 Å². The maximum Gasteiger partial charge on any atom is 0.323 e. The normalized spacial score (nSPS) is 15.0. The summed E-state index contributed by atoms with van der Waals surface area (Å²) in [5.74, 6) is -0.965. The molecule has 0 unspecified atom stereocenters. The summed E-state index contributed by atoms with van der Waals surface area (Å²) in [7, 11) is 0. The average molecular weight is 474 g/mol. The van der Waals surface area contributed by atoms with Crippen LogP contribution in [0.3, 0.4) is 0 Å². The summed E-state index contributed by atoms with van der Waals surface area (Å²) in [4.78, 5) is 26.5. The molecular formula is C25H32ClN3O4. The third-order valence-corrected chi connectivity index (χ3v) is 6.29. The number of carboxylic acids is 1. The monoisotopic (exact) mass is 473 g/mol. The SMILES string of the molecule is CC[C@H](CC(=O)O)c1ccc(N(CC)C2CCOCC2)c(NC(=O)Nc2ccc(Cl)cc2)c1. The zero-order chi connectivity index (χ0) is 23.8. The molecule has 0 aromatic heterocycles. The van der Waals surface area contributed by atoms with Crippen molar-refractivity contribution < 1.29 is 19.4 Å². The van der Waals surface area contributed by atoms with Crippen molar-refractivity contribution in [3.8, 4) is 0 Å². The first-order valence-electron chi connectivity index (χ1n) is 11.4. The van der Waals surface area contributed by atoms with Crippen molar-refractivity contribution in [1.82, 2.24) is 0 Å². The van der Waals surface area contributed by atoms with Crippen molar-refractivity contribution in [2.75, 3.05) is 35.3 Å². The predicted octanol–water partition coefficient (Wildman–Crippen LogP) is 5.96. The number of anilines is 3. The number of carboxylic acid groups (broad SMARTS) is 1. The molecule has 1 fully saturated rings. The van der Waals surface area contributed by atoms with Crippen LogP contribution < -0.4 is 15.5 Å². The van der Waals surface area contributed by atoms with Crippen molar-refractivity contribution >= 4 is 40.7 Å². The van der Waals surface area contributed by atoms with Crippen molar-refractivity contribution in [2.45, 2.75) is 51.5 Å². The molecule has 2 amide bonds. The Morgan fingerprint density at radius 3 is 2.42 bits per heavy atom. The number of hydrogen-bond acceptors (Lipinski definition) is 4. The quantitative estimate of drug-likeness (QED) is 0.418. The summed E-state index contributed by atoms with van der Waals surface area (Å²) >= 11 is 5.94. The van der Waals surface area contributed by atoms with E-state index in [1.807, 2.05) is 25.1 Å². The molecule has 0 radical (unpaired) electrons. The molecule has 3 N–H and O–H groups in total. The summed E-state index contributed by atoms with van der Waals surface area (Å²) in [5.41, 5.74) is 3.11. The lowest BCUT2D eigenvalue weighted by molar-refractivity contribution is -0.137. The molecule has 1 atom stereocenters. The number of nitrogens with one attached hydrogen (secondary N) is 2. The van der Waals surface area contributed by atoms with E-state index in [0.717, 1.165) is 43.9 Å². The number of amides is 2. The predicted molar refractivity (Wildman–Crippen MR) is 133 cm³/mol. The highest BCUT2D eigenvalue weighted by Crippen LogP contribution is 2.35. The molecule has 0 bridgehead atoms. The van der Waals surface area contributed by atoms with Crippen molar-refractivity contribution in [1.29, 1.82) is 0 Å². The third kappa shape index (κ3) is 6.85. The minimum atomic E-state index is -0.835. The molecule has 3 rings (SSSR count). The van der Waals surface area contributed by atoms with Gasteiger partial charge in [0, 0.05) is 36.5 Å². The fraction of sp³-hybridized carbons (Fsp3) is 0.440. The number of aliphatic carboxylic acids is 1. The Hall–Kier alpha value is -2.77. The van der Waals surface area contributed by atoms with E-state index in [-0.39, 0.29) is 18.4 Å². The Balaban J connectivity index is 1.91. The van der Waals surface area contributed by atoms with Crippen LogP contribution in [0.2, 0.25) is 5.02 Å². The Morgan fingerprint density at radius 1 is 1.12 bits per heavy atom. The van der Waals surface area contributed by atoms with Crippen LogP contribution in [0.4, 0.5) is 21.9 Å². The Morgan fingerprint density at radius 2 is 1.82 bits per heavy atom. The van der Waals surface area contributed by atoms with Gasteiger partial charge in [0.15, 0.2) is 0 Å². The molecule has 8 heteroatoms. The van der Waals surface area contributed by atoms with Gasteiger partial charge in [0.1, 0.15) is 0 Å². The Bertz CT molecular complexity index is 945. The maximum absolute atomic E-state index is 12.8.